The van der Waals surface area contributed by atoms with Gasteiger partial charge in [-0.05, 0) is 40.0 Å². The number of hydrogen-bond donors (Lipinski definition) is 0. The molecule has 0 saturated carbocycles. The number of azo groups is 1. The van der Waals surface area contributed by atoms with E-state index in [9.17, 15) is 0 Å². The van der Waals surface area contributed by atoms with Crippen LogP contribution < -0.4 is 0 Å². The van der Waals surface area contributed by atoms with E-state index in [0.29, 0.717) is 12.3 Å². The fourth-order valence-corrected chi connectivity index (χ4v) is 1.14. The number of rotatable bonds is 4. The number of nitrogens with zero attached hydrogens (tertiary/aromatic N) is 3. The third kappa shape index (κ3) is 7.72. The lowest BCUT2D eigenvalue weighted by Crippen LogP contribution is -2.11. The summed E-state index contributed by atoms with van der Waals surface area (Å²) in [7, 11) is 0. The Morgan fingerprint density at radius 1 is 1.29 bits per heavy atom. The van der Waals surface area contributed by atoms with Crippen LogP contribution >= 0.6 is 0 Å². The van der Waals surface area contributed by atoms with Gasteiger partial charge in [0.05, 0.1) is 17.6 Å². The average Bonchev–Trinajstić information content (AvgIpc) is 2.00. The zero-order valence-electron chi connectivity index (χ0n) is 9.91. The summed E-state index contributed by atoms with van der Waals surface area (Å²) in [5.74, 6) is 0.411. The Hall–Kier alpha value is -0.910. The Bertz CT molecular complexity index is 220. The van der Waals surface area contributed by atoms with Crippen LogP contribution in [0.4, 0.5) is 0 Å². The second-order valence-corrected chi connectivity index (χ2v) is 4.94. The maximum absolute atomic E-state index is 8.50. The monoisotopic (exact) mass is 195 g/mol. The third-order valence-electron chi connectivity index (χ3n) is 1.74. The van der Waals surface area contributed by atoms with Crippen LogP contribution in [0, 0.1) is 17.2 Å². The maximum Gasteiger partial charge on any atom is 0.0732 e. The topological polar surface area (TPSA) is 48.5 Å². The van der Waals surface area contributed by atoms with Crippen LogP contribution in [0.2, 0.25) is 0 Å². The van der Waals surface area contributed by atoms with Crippen LogP contribution in [0.25, 0.3) is 0 Å². The molecule has 2 unspecified atom stereocenters. The molecule has 0 aromatic heterocycles. The van der Waals surface area contributed by atoms with Gasteiger partial charge in [0.25, 0.3) is 0 Å². The van der Waals surface area contributed by atoms with Crippen molar-refractivity contribution >= 4 is 0 Å². The van der Waals surface area contributed by atoms with Crippen LogP contribution in [0.3, 0.4) is 0 Å². The van der Waals surface area contributed by atoms with E-state index in [0.717, 1.165) is 6.42 Å². The standard InChI is InChI=1S/C11H21N3/c1-9(6-7-12)8-10(2)13-14-11(3,4)5/h9-10H,6,8H2,1-5H3. The zero-order valence-corrected chi connectivity index (χ0v) is 9.91. The molecule has 0 saturated heterocycles. The van der Waals surface area contributed by atoms with E-state index in [4.69, 9.17) is 5.26 Å². The van der Waals surface area contributed by atoms with Crippen LogP contribution in [0.5, 0.6) is 0 Å². The first-order chi connectivity index (χ1) is 6.35. The molecule has 0 aromatic carbocycles. The molecule has 0 radical (unpaired) electrons. The first-order valence-electron chi connectivity index (χ1n) is 5.14. The van der Waals surface area contributed by atoms with Crippen molar-refractivity contribution in [2.45, 2.75) is 59.0 Å². The van der Waals surface area contributed by atoms with E-state index in [-0.39, 0.29) is 11.6 Å². The molecular weight excluding hydrogens is 174 g/mol. The highest BCUT2D eigenvalue weighted by molar-refractivity contribution is 4.76. The summed E-state index contributed by atoms with van der Waals surface area (Å²) in [6, 6.07) is 2.39. The molecule has 0 aliphatic carbocycles. The van der Waals surface area contributed by atoms with Crippen molar-refractivity contribution < 1.29 is 0 Å². The summed E-state index contributed by atoms with van der Waals surface area (Å²) >= 11 is 0. The highest BCUT2D eigenvalue weighted by Gasteiger charge is 2.10. The van der Waals surface area contributed by atoms with Crippen molar-refractivity contribution in [1.82, 2.24) is 0 Å². The minimum atomic E-state index is -0.0905. The second kappa shape index (κ2) is 5.74. The normalized spacial score (nSPS) is 16.6. The first kappa shape index (κ1) is 13.1. The molecule has 0 aromatic rings. The van der Waals surface area contributed by atoms with Crippen molar-refractivity contribution in [2.24, 2.45) is 16.1 Å². The van der Waals surface area contributed by atoms with E-state index in [2.05, 4.69) is 23.2 Å². The Balaban J connectivity index is 3.93. The quantitative estimate of drug-likeness (QED) is 0.632. The predicted molar refractivity (Wildman–Crippen MR) is 58.1 cm³/mol. The van der Waals surface area contributed by atoms with E-state index in [1.54, 1.807) is 0 Å². The summed E-state index contributed by atoms with van der Waals surface area (Å²) in [4.78, 5) is 0. The SMILES string of the molecule is CC(CC#N)CC(C)N=NC(C)(C)C. The smallest absolute Gasteiger partial charge is 0.0732 e. The van der Waals surface area contributed by atoms with Crippen molar-refractivity contribution in [3.05, 3.63) is 0 Å². The average molecular weight is 195 g/mol. The summed E-state index contributed by atoms with van der Waals surface area (Å²) in [5.41, 5.74) is -0.0905. The van der Waals surface area contributed by atoms with Gasteiger partial charge in [0.15, 0.2) is 0 Å². The van der Waals surface area contributed by atoms with Gasteiger partial charge in [0.1, 0.15) is 0 Å². The Labute approximate surface area is 87.2 Å². The van der Waals surface area contributed by atoms with Gasteiger partial charge in [-0.1, -0.05) is 6.92 Å². The molecule has 0 aliphatic heterocycles. The Morgan fingerprint density at radius 2 is 1.86 bits per heavy atom. The van der Waals surface area contributed by atoms with Crippen LogP contribution in [-0.2, 0) is 0 Å². The fourth-order valence-electron chi connectivity index (χ4n) is 1.14. The lowest BCUT2D eigenvalue weighted by molar-refractivity contribution is 0.451. The molecule has 14 heavy (non-hydrogen) atoms. The van der Waals surface area contributed by atoms with E-state index < -0.39 is 0 Å². The molecule has 80 valence electrons. The molecule has 3 nitrogen and oxygen atoms in total. The van der Waals surface area contributed by atoms with Crippen LogP contribution in [-0.4, -0.2) is 11.6 Å². The lowest BCUT2D eigenvalue weighted by Gasteiger charge is -2.13. The van der Waals surface area contributed by atoms with Gasteiger partial charge >= 0.3 is 0 Å². The fraction of sp³-hybridized carbons (Fsp3) is 0.909. The Kier molecular flexibility index (Phi) is 5.37. The maximum atomic E-state index is 8.50. The van der Waals surface area contributed by atoms with E-state index in [1.807, 2.05) is 27.7 Å². The van der Waals surface area contributed by atoms with Gasteiger partial charge in [-0.2, -0.15) is 15.5 Å². The Morgan fingerprint density at radius 3 is 2.29 bits per heavy atom. The van der Waals surface area contributed by atoms with Crippen molar-refractivity contribution in [3.8, 4) is 6.07 Å². The van der Waals surface area contributed by atoms with Gasteiger partial charge < -0.3 is 0 Å². The summed E-state index contributed by atoms with van der Waals surface area (Å²) in [5, 5.41) is 16.9. The molecule has 0 bridgehead atoms. The number of nitriles is 1. The van der Waals surface area contributed by atoms with Gasteiger partial charge in [0, 0.05) is 6.42 Å². The molecule has 0 rings (SSSR count). The second-order valence-electron chi connectivity index (χ2n) is 4.94. The molecule has 3 heteroatoms. The van der Waals surface area contributed by atoms with E-state index in [1.165, 1.54) is 0 Å². The number of hydrogen-bond acceptors (Lipinski definition) is 3. The molecule has 0 N–H and O–H groups in total. The molecule has 0 amide bonds. The highest BCUT2D eigenvalue weighted by Crippen LogP contribution is 2.14. The van der Waals surface area contributed by atoms with Gasteiger partial charge in [0.2, 0.25) is 0 Å². The third-order valence-corrected chi connectivity index (χ3v) is 1.74. The molecule has 2 atom stereocenters. The van der Waals surface area contributed by atoms with E-state index >= 15 is 0 Å². The summed E-state index contributed by atoms with van der Waals surface area (Å²) < 4.78 is 0. The predicted octanol–water partition coefficient (Wildman–Crippen LogP) is 3.57. The van der Waals surface area contributed by atoms with Crippen molar-refractivity contribution in [3.63, 3.8) is 0 Å². The summed E-state index contributed by atoms with van der Waals surface area (Å²) in [6.07, 6.45) is 1.54. The minimum Gasteiger partial charge on any atom is -0.198 e. The lowest BCUT2D eigenvalue weighted by atomic mass is 10.0. The zero-order chi connectivity index (χ0) is 11.2. The summed E-state index contributed by atoms with van der Waals surface area (Å²) in [6.45, 7) is 10.2. The van der Waals surface area contributed by atoms with Crippen molar-refractivity contribution in [1.29, 1.82) is 5.26 Å². The van der Waals surface area contributed by atoms with Gasteiger partial charge in [-0.3, -0.25) is 0 Å². The molecule has 0 fully saturated rings. The molecular formula is C11H21N3. The highest BCUT2D eigenvalue weighted by atomic mass is 15.2. The first-order valence-corrected chi connectivity index (χ1v) is 5.14. The van der Waals surface area contributed by atoms with Gasteiger partial charge in [-0.25, -0.2) is 0 Å². The molecule has 0 aliphatic rings. The largest absolute Gasteiger partial charge is 0.198 e. The van der Waals surface area contributed by atoms with Gasteiger partial charge in [-0.15, -0.1) is 0 Å². The van der Waals surface area contributed by atoms with Crippen molar-refractivity contribution in [2.75, 3.05) is 0 Å². The van der Waals surface area contributed by atoms with Crippen LogP contribution in [0.1, 0.15) is 47.5 Å². The minimum absolute atomic E-state index is 0.0905. The molecule has 0 heterocycles. The van der Waals surface area contributed by atoms with Crippen LogP contribution in [0.15, 0.2) is 10.2 Å². The molecule has 0 spiro atoms.